The molecule has 0 amide bonds. The number of ether oxygens (including phenoxy) is 1. The quantitative estimate of drug-likeness (QED) is 0.561. The van der Waals surface area contributed by atoms with Gasteiger partial charge in [-0.3, -0.25) is 0 Å². The van der Waals surface area contributed by atoms with Gasteiger partial charge in [-0.25, -0.2) is 4.98 Å². The van der Waals surface area contributed by atoms with E-state index in [4.69, 9.17) is 9.84 Å². The Hall–Kier alpha value is -1.08. The number of aromatic nitrogens is 2. The van der Waals surface area contributed by atoms with Gasteiger partial charge in [0.15, 0.2) is 0 Å². The molecule has 2 aromatic heterocycles. The van der Waals surface area contributed by atoms with E-state index in [-0.39, 0.29) is 6.61 Å². The number of rotatable bonds is 8. The summed E-state index contributed by atoms with van der Waals surface area (Å²) in [5, 5.41) is 13.3. The Bertz CT molecular complexity index is 516. The predicted molar refractivity (Wildman–Crippen MR) is 76.6 cm³/mol. The highest BCUT2D eigenvalue weighted by Gasteiger charge is 2.11. The van der Waals surface area contributed by atoms with E-state index in [1.54, 1.807) is 18.9 Å². The zero-order valence-corrected chi connectivity index (χ0v) is 11.8. The molecule has 0 aromatic carbocycles. The van der Waals surface area contributed by atoms with Gasteiger partial charge < -0.3 is 19.6 Å². The zero-order chi connectivity index (χ0) is 13.5. The molecule has 0 aliphatic rings. The lowest BCUT2D eigenvalue weighted by Gasteiger charge is -2.06. The summed E-state index contributed by atoms with van der Waals surface area (Å²) in [4.78, 5) is 4.59. The minimum absolute atomic E-state index is 0.162. The summed E-state index contributed by atoms with van der Waals surface area (Å²) >= 11 is 1.58. The first kappa shape index (κ1) is 14.3. The molecule has 5 nitrogen and oxygen atoms in total. The third-order valence-corrected chi connectivity index (χ3v) is 3.68. The van der Waals surface area contributed by atoms with Crippen molar-refractivity contribution in [1.82, 2.24) is 14.7 Å². The molecule has 6 heteroatoms. The molecule has 0 aliphatic heterocycles. The highest BCUT2D eigenvalue weighted by Crippen LogP contribution is 2.23. The van der Waals surface area contributed by atoms with E-state index in [0.29, 0.717) is 12.4 Å². The molecule has 0 spiro atoms. The number of hydrogen-bond acceptors (Lipinski definition) is 5. The van der Waals surface area contributed by atoms with Crippen LogP contribution in [0.4, 0.5) is 0 Å². The lowest BCUT2D eigenvalue weighted by molar-refractivity contribution is 0.199. The molecular weight excluding hydrogens is 262 g/mol. The Morgan fingerprint density at radius 3 is 3.16 bits per heavy atom. The van der Waals surface area contributed by atoms with Crippen LogP contribution < -0.4 is 5.32 Å². The summed E-state index contributed by atoms with van der Waals surface area (Å²) in [6.45, 7) is 2.40. The molecule has 0 atom stereocenters. The Kier molecular flexibility index (Phi) is 5.65. The molecule has 0 radical (unpaired) electrons. The first-order chi connectivity index (χ1) is 9.36. The molecule has 0 saturated heterocycles. The van der Waals surface area contributed by atoms with Gasteiger partial charge in [-0.15, -0.1) is 11.8 Å². The van der Waals surface area contributed by atoms with Crippen molar-refractivity contribution in [3.63, 3.8) is 0 Å². The Morgan fingerprint density at radius 1 is 1.47 bits per heavy atom. The van der Waals surface area contributed by atoms with Gasteiger partial charge in [0.05, 0.1) is 18.9 Å². The van der Waals surface area contributed by atoms with E-state index in [2.05, 4.69) is 14.7 Å². The molecule has 19 heavy (non-hydrogen) atoms. The number of methoxy groups -OCH3 is 1. The van der Waals surface area contributed by atoms with Crippen LogP contribution >= 0.6 is 11.8 Å². The van der Waals surface area contributed by atoms with Gasteiger partial charge in [0.2, 0.25) is 0 Å². The number of nitrogens with one attached hydrogen (secondary N) is 1. The van der Waals surface area contributed by atoms with Crippen LogP contribution in [0.2, 0.25) is 0 Å². The van der Waals surface area contributed by atoms with E-state index in [9.17, 15) is 0 Å². The number of aliphatic hydroxyl groups is 1. The van der Waals surface area contributed by atoms with Crippen molar-refractivity contribution in [2.24, 2.45) is 0 Å². The summed E-state index contributed by atoms with van der Waals surface area (Å²) < 4.78 is 7.10. The third kappa shape index (κ3) is 3.70. The molecule has 0 aliphatic carbocycles. The fraction of sp³-hybridized carbons (Fsp3) is 0.462. The molecule has 2 heterocycles. The van der Waals surface area contributed by atoms with Crippen LogP contribution in [0.1, 0.15) is 5.69 Å². The van der Waals surface area contributed by atoms with Gasteiger partial charge in [-0.05, 0) is 12.1 Å². The molecule has 104 valence electrons. The van der Waals surface area contributed by atoms with Gasteiger partial charge in [-0.1, -0.05) is 6.07 Å². The SMILES string of the molecule is COCCNCc1c(SCCO)nc2ccccn12. The molecule has 0 unspecified atom stereocenters. The molecule has 2 N–H and O–H groups in total. The topological polar surface area (TPSA) is 58.8 Å². The van der Waals surface area contributed by atoms with E-state index in [0.717, 1.165) is 29.5 Å². The maximum atomic E-state index is 8.95. The Labute approximate surface area is 117 Å². The molecule has 0 bridgehead atoms. The van der Waals surface area contributed by atoms with Gasteiger partial charge in [0.1, 0.15) is 10.7 Å². The molecular formula is C13H19N3O2S. The van der Waals surface area contributed by atoms with Crippen molar-refractivity contribution in [2.75, 3.05) is 32.6 Å². The fourth-order valence-electron chi connectivity index (χ4n) is 1.82. The lowest BCUT2D eigenvalue weighted by atomic mass is 10.4. The Morgan fingerprint density at radius 2 is 2.37 bits per heavy atom. The monoisotopic (exact) mass is 281 g/mol. The fourth-order valence-corrected chi connectivity index (χ4v) is 2.60. The molecule has 0 saturated carbocycles. The first-order valence-electron chi connectivity index (χ1n) is 6.26. The summed E-state index contributed by atoms with van der Waals surface area (Å²) in [5.41, 5.74) is 2.07. The van der Waals surface area contributed by atoms with Crippen molar-refractivity contribution in [2.45, 2.75) is 11.6 Å². The summed E-state index contributed by atoms with van der Waals surface area (Å²) in [6, 6.07) is 5.96. The number of thioether (sulfide) groups is 1. The first-order valence-corrected chi connectivity index (χ1v) is 7.24. The number of nitrogens with zero attached hydrogens (tertiary/aromatic N) is 2. The van der Waals surface area contributed by atoms with Crippen LogP contribution in [0.15, 0.2) is 29.4 Å². The van der Waals surface area contributed by atoms with Gasteiger partial charge in [-0.2, -0.15) is 0 Å². The smallest absolute Gasteiger partial charge is 0.138 e. The lowest BCUT2D eigenvalue weighted by Crippen LogP contribution is -2.19. The van der Waals surface area contributed by atoms with Gasteiger partial charge in [0.25, 0.3) is 0 Å². The summed E-state index contributed by atoms with van der Waals surface area (Å²) in [5.74, 6) is 0.662. The van der Waals surface area contributed by atoms with E-state index >= 15 is 0 Å². The second kappa shape index (κ2) is 7.49. The van der Waals surface area contributed by atoms with Crippen LogP contribution in [0.25, 0.3) is 5.65 Å². The normalized spacial score (nSPS) is 11.3. The maximum Gasteiger partial charge on any atom is 0.138 e. The average Bonchev–Trinajstić information content (AvgIpc) is 2.79. The second-order valence-electron chi connectivity index (χ2n) is 4.03. The van der Waals surface area contributed by atoms with Crippen molar-refractivity contribution < 1.29 is 9.84 Å². The van der Waals surface area contributed by atoms with Crippen molar-refractivity contribution in [1.29, 1.82) is 0 Å². The average molecular weight is 281 g/mol. The van der Waals surface area contributed by atoms with Crippen LogP contribution in [-0.2, 0) is 11.3 Å². The summed E-state index contributed by atoms with van der Waals surface area (Å²) in [6.07, 6.45) is 2.01. The minimum Gasteiger partial charge on any atom is -0.396 e. The number of fused-ring (bicyclic) bond motifs is 1. The third-order valence-electron chi connectivity index (χ3n) is 2.70. The van der Waals surface area contributed by atoms with Crippen LogP contribution in [0, 0.1) is 0 Å². The highest BCUT2D eigenvalue weighted by atomic mass is 32.2. The van der Waals surface area contributed by atoms with Crippen LogP contribution in [0.3, 0.4) is 0 Å². The molecule has 2 aromatic rings. The predicted octanol–water partition coefficient (Wildman–Crippen LogP) is 1.15. The molecule has 0 fully saturated rings. The van der Waals surface area contributed by atoms with E-state index in [1.165, 1.54) is 0 Å². The highest BCUT2D eigenvalue weighted by molar-refractivity contribution is 7.99. The van der Waals surface area contributed by atoms with Crippen molar-refractivity contribution in [3.05, 3.63) is 30.1 Å². The minimum atomic E-state index is 0.162. The second-order valence-corrected chi connectivity index (χ2v) is 5.12. The van der Waals surface area contributed by atoms with Crippen LogP contribution in [-0.4, -0.2) is 47.1 Å². The van der Waals surface area contributed by atoms with Crippen molar-refractivity contribution >= 4 is 17.4 Å². The zero-order valence-electron chi connectivity index (χ0n) is 11.0. The number of pyridine rings is 1. The largest absolute Gasteiger partial charge is 0.396 e. The van der Waals surface area contributed by atoms with Gasteiger partial charge >= 0.3 is 0 Å². The molecule has 2 rings (SSSR count). The standard InChI is InChI=1S/C13H19N3O2S/c1-18-8-5-14-10-11-13(19-9-7-17)15-12-4-2-3-6-16(11)12/h2-4,6,14,17H,5,7-10H2,1H3. The van der Waals surface area contributed by atoms with E-state index < -0.39 is 0 Å². The maximum absolute atomic E-state index is 8.95. The summed E-state index contributed by atoms with van der Waals surface area (Å²) in [7, 11) is 1.69. The Balaban J connectivity index is 2.16. The number of aliphatic hydroxyl groups excluding tert-OH is 1. The van der Waals surface area contributed by atoms with Crippen molar-refractivity contribution in [3.8, 4) is 0 Å². The van der Waals surface area contributed by atoms with E-state index in [1.807, 2.05) is 24.4 Å². The number of imidazole rings is 1. The number of hydrogen-bond donors (Lipinski definition) is 2. The van der Waals surface area contributed by atoms with Gasteiger partial charge in [0, 0.05) is 32.1 Å². The van der Waals surface area contributed by atoms with Crippen LogP contribution in [0.5, 0.6) is 0 Å².